The lowest BCUT2D eigenvalue weighted by atomic mass is 10.0. The maximum atomic E-state index is 13.1. The molecule has 3 nitrogen and oxygen atoms in total. The highest BCUT2D eigenvalue weighted by Gasteiger charge is 2.09. The van der Waals surface area contributed by atoms with Crippen LogP contribution in [0.2, 0.25) is 10.0 Å². The SMILES string of the molecule is Cc1cc(C(N)=O)ccc1CNc1c(Cl)cc(F)cc1Cl. The summed E-state index contributed by atoms with van der Waals surface area (Å²) in [7, 11) is 0. The van der Waals surface area contributed by atoms with Crippen molar-refractivity contribution in [3.05, 3.63) is 62.9 Å². The van der Waals surface area contributed by atoms with Gasteiger partial charge in [-0.05, 0) is 42.3 Å². The van der Waals surface area contributed by atoms with Gasteiger partial charge in [0.2, 0.25) is 5.91 Å². The molecule has 6 heteroatoms. The molecule has 2 rings (SSSR count). The number of carbonyl (C=O) groups excluding carboxylic acids is 1. The summed E-state index contributed by atoms with van der Waals surface area (Å²) in [6.07, 6.45) is 0. The topological polar surface area (TPSA) is 55.1 Å². The van der Waals surface area contributed by atoms with E-state index in [4.69, 9.17) is 28.9 Å². The van der Waals surface area contributed by atoms with Crippen LogP contribution in [0.25, 0.3) is 0 Å². The fourth-order valence-corrected chi connectivity index (χ4v) is 2.54. The molecular weight excluding hydrogens is 314 g/mol. The lowest BCUT2D eigenvalue weighted by Gasteiger charge is -2.13. The van der Waals surface area contributed by atoms with Crippen LogP contribution < -0.4 is 11.1 Å². The molecule has 0 bridgehead atoms. The Morgan fingerprint density at radius 1 is 1.24 bits per heavy atom. The van der Waals surface area contributed by atoms with Crippen molar-refractivity contribution in [2.45, 2.75) is 13.5 Å². The Morgan fingerprint density at radius 3 is 2.38 bits per heavy atom. The second kappa shape index (κ2) is 6.33. The average Bonchev–Trinajstić information content (AvgIpc) is 2.38. The van der Waals surface area contributed by atoms with E-state index in [1.165, 1.54) is 12.1 Å². The summed E-state index contributed by atoms with van der Waals surface area (Å²) in [4.78, 5) is 11.1. The fraction of sp³-hybridized carbons (Fsp3) is 0.133. The van der Waals surface area contributed by atoms with E-state index in [1.54, 1.807) is 18.2 Å². The van der Waals surface area contributed by atoms with Gasteiger partial charge in [0.05, 0.1) is 15.7 Å². The molecule has 3 N–H and O–H groups in total. The molecular formula is C15H13Cl2FN2O. The van der Waals surface area contributed by atoms with Crippen LogP contribution in [0.1, 0.15) is 21.5 Å². The zero-order valence-corrected chi connectivity index (χ0v) is 12.7. The van der Waals surface area contributed by atoms with E-state index in [2.05, 4.69) is 5.32 Å². The molecule has 0 aliphatic heterocycles. The quantitative estimate of drug-likeness (QED) is 0.886. The minimum Gasteiger partial charge on any atom is -0.379 e. The molecule has 0 spiro atoms. The maximum Gasteiger partial charge on any atom is 0.248 e. The van der Waals surface area contributed by atoms with Crippen LogP contribution in [-0.2, 0) is 6.54 Å². The minimum atomic E-state index is -0.488. The van der Waals surface area contributed by atoms with Gasteiger partial charge in [-0.15, -0.1) is 0 Å². The van der Waals surface area contributed by atoms with Crippen molar-refractivity contribution in [3.63, 3.8) is 0 Å². The molecule has 1 amide bonds. The number of benzene rings is 2. The van der Waals surface area contributed by atoms with Crippen LogP contribution in [0.4, 0.5) is 10.1 Å². The van der Waals surface area contributed by atoms with Gasteiger partial charge in [0.15, 0.2) is 0 Å². The number of nitrogens with two attached hydrogens (primary N) is 1. The molecule has 0 saturated heterocycles. The highest BCUT2D eigenvalue weighted by atomic mass is 35.5. The van der Waals surface area contributed by atoms with Crippen molar-refractivity contribution < 1.29 is 9.18 Å². The highest BCUT2D eigenvalue weighted by molar-refractivity contribution is 6.39. The van der Waals surface area contributed by atoms with Crippen molar-refractivity contribution in [1.82, 2.24) is 0 Å². The monoisotopic (exact) mass is 326 g/mol. The number of rotatable bonds is 4. The normalized spacial score (nSPS) is 10.5. The first kappa shape index (κ1) is 15.6. The van der Waals surface area contributed by atoms with Crippen LogP contribution in [0.5, 0.6) is 0 Å². The van der Waals surface area contributed by atoms with Crippen LogP contribution in [0, 0.1) is 12.7 Å². The van der Waals surface area contributed by atoms with Crippen molar-refractivity contribution in [2.24, 2.45) is 5.73 Å². The first-order valence-corrected chi connectivity index (χ1v) is 6.92. The van der Waals surface area contributed by atoms with E-state index >= 15 is 0 Å². The Hall–Kier alpha value is -1.78. The third kappa shape index (κ3) is 3.65. The zero-order chi connectivity index (χ0) is 15.6. The zero-order valence-electron chi connectivity index (χ0n) is 11.2. The van der Waals surface area contributed by atoms with E-state index in [0.29, 0.717) is 17.8 Å². The lowest BCUT2D eigenvalue weighted by molar-refractivity contribution is 0.1000. The Morgan fingerprint density at radius 2 is 1.86 bits per heavy atom. The molecule has 0 unspecified atom stereocenters. The number of hydrogen-bond donors (Lipinski definition) is 2. The average molecular weight is 327 g/mol. The summed E-state index contributed by atoms with van der Waals surface area (Å²) in [6, 6.07) is 7.55. The van der Waals surface area contributed by atoms with Gasteiger partial charge in [0.25, 0.3) is 0 Å². The fourth-order valence-electron chi connectivity index (χ4n) is 1.94. The summed E-state index contributed by atoms with van der Waals surface area (Å²) in [6.45, 7) is 2.31. The Kier molecular flexibility index (Phi) is 4.70. The van der Waals surface area contributed by atoms with Gasteiger partial charge >= 0.3 is 0 Å². The number of halogens is 3. The summed E-state index contributed by atoms with van der Waals surface area (Å²) < 4.78 is 13.1. The van der Waals surface area contributed by atoms with E-state index < -0.39 is 11.7 Å². The summed E-state index contributed by atoms with van der Waals surface area (Å²) in [5.74, 6) is -0.959. The standard InChI is InChI=1S/C15H13Cl2FN2O/c1-8-4-9(15(19)21)2-3-10(8)7-20-14-12(16)5-11(18)6-13(14)17/h2-6,20H,7H2,1H3,(H2,19,21). The number of nitrogens with one attached hydrogen (secondary N) is 1. The van der Waals surface area contributed by atoms with Crippen LogP contribution in [-0.4, -0.2) is 5.91 Å². The van der Waals surface area contributed by atoms with Gasteiger partial charge in [-0.1, -0.05) is 29.3 Å². The van der Waals surface area contributed by atoms with E-state index in [1.807, 2.05) is 6.92 Å². The second-order valence-corrected chi connectivity index (χ2v) is 5.42. The number of primary amides is 1. The van der Waals surface area contributed by atoms with Gasteiger partial charge in [-0.25, -0.2) is 4.39 Å². The molecule has 21 heavy (non-hydrogen) atoms. The first-order valence-electron chi connectivity index (χ1n) is 6.16. The number of hydrogen-bond acceptors (Lipinski definition) is 2. The van der Waals surface area contributed by atoms with Gasteiger partial charge in [-0.2, -0.15) is 0 Å². The van der Waals surface area contributed by atoms with E-state index in [-0.39, 0.29) is 10.0 Å². The number of amides is 1. The molecule has 2 aromatic carbocycles. The minimum absolute atomic E-state index is 0.214. The molecule has 2 aromatic rings. The molecule has 0 aliphatic carbocycles. The lowest BCUT2D eigenvalue weighted by Crippen LogP contribution is -2.12. The number of carbonyl (C=O) groups is 1. The summed E-state index contributed by atoms with van der Waals surface area (Å²) >= 11 is 11.9. The maximum absolute atomic E-state index is 13.1. The third-order valence-corrected chi connectivity index (χ3v) is 3.69. The largest absolute Gasteiger partial charge is 0.379 e. The molecule has 0 radical (unpaired) electrons. The summed E-state index contributed by atoms with van der Waals surface area (Å²) in [5.41, 5.74) is 8.02. The van der Waals surface area contributed by atoms with Gasteiger partial charge in [0.1, 0.15) is 5.82 Å². The summed E-state index contributed by atoms with van der Waals surface area (Å²) in [5, 5.41) is 3.50. The predicted molar refractivity (Wildman–Crippen MR) is 83.4 cm³/mol. The first-order chi connectivity index (χ1) is 9.88. The molecule has 0 aliphatic rings. The van der Waals surface area contributed by atoms with Gasteiger partial charge < -0.3 is 11.1 Å². The molecule has 0 fully saturated rings. The third-order valence-electron chi connectivity index (χ3n) is 3.09. The molecule has 0 heterocycles. The van der Waals surface area contributed by atoms with Crippen molar-refractivity contribution in [2.75, 3.05) is 5.32 Å². The van der Waals surface area contributed by atoms with E-state index in [9.17, 15) is 9.18 Å². The van der Waals surface area contributed by atoms with Crippen LogP contribution >= 0.6 is 23.2 Å². The van der Waals surface area contributed by atoms with Crippen molar-refractivity contribution in [1.29, 1.82) is 0 Å². The van der Waals surface area contributed by atoms with Gasteiger partial charge in [-0.3, -0.25) is 4.79 Å². The van der Waals surface area contributed by atoms with Crippen LogP contribution in [0.15, 0.2) is 30.3 Å². The number of aryl methyl sites for hydroxylation is 1. The predicted octanol–water partition coefficient (Wildman–Crippen LogP) is 4.15. The Labute approximate surface area is 131 Å². The molecule has 0 aromatic heterocycles. The van der Waals surface area contributed by atoms with Crippen molar-refractivity contribution in [3.8, 4) is 0 Å². The molecule has 0 saturated carbocycles. The highest BCUT2D eigenvalue weighted by Crippen LogP contribution is 2.31. The van der Waals surface area contributed by atoms with Gasteiger partial charge in [0, 0.05) is 12.1 Å². The Bertz CT molecular complexity index is 681. The number of anilines is 1. The van der Waals surface area contributed by atoms with Crippen molar-refractivity contribution >= 4 is 34.8 Å². The Balaban J connectivity index is 2.19. The smallest absolute Gasteiger partial charge is 0.248 e. The van der Waals surface area contributed by atoms with Crippen LogP contribution in [0.3, 0.4) is 0 Å². The molecule has 0 atom stereocenters. The second-order valence-electron chi connectivity index (χ2n) is 4.60. The van der Waals surface area contributed by atoms with E-state index in [0.717, 1.165) is 11.1 Å². The molecule has 110 valence electrons.